The van der Waals surface area contributed by atoms with Crippen molar-refractivity contribution in [2.75, 3.05) is 26.7 Å². The van der Waals surface area contributed by atoms with Crippen molar-refractivity contribution in [3.8, 4) is 0 Å². The first kappa shape index (κ1) is 10.9. The Morgan fingerprint density at radius 2 is 1.73 bits per heavy atom. The summed E-state index contributed by atoms with van der Waals surface area (Å²) >= 11 is 0. The average molecular weight is 158 g/mol. The first-order chi connectivity index (χ1) is 5.43. The average Bonchev–Trinajstić information content (AvgIpc) is 2.57. The van der Waals surface area contributed by atoms with E-state index in [9.17, 15) is 0 Å². The van der Waals surface area contributed by atoms with Gasteiger partial charge in [0.05, 0.1) is 0 Å². The molecule has 2 N–H and O–H groups in total. The molecule has 11 heavy (non-hydrogen) atoms. The Balaban J connectivity index is 0.000000461. The zero-order valence-corrected chi connectivity index (χ0v) is 7.97. The molecule has 0 aromatic heterocycles. The zero-order chi connectivity index (χ0) is 8.53. The topological polar surface area (TPSA) is 29.3 Å². The lowest BCUT2D eigenvalue weighted by atomic mass is 10.3. The van der Waals surface area contributed by atoms with Gasteiger partial charge in [-0.15, -0.1) is 0 Å². The van der Waals surface area contributed by atoms with Crippen molar-refractivity contribution in [2.24, 2.45) is 5.73 Å². The first-order valence-corrected chi connectivity index (χ1v) is 4.73. The Morgan fingerprint density at radius 1 is 1.18 bits per heavy atom. The molecule has 68 valence electrons. The lowest BCUT2D eigenvalue weighted by Crippen LogP contribution is -2.19. The lowest BCUT2D eigenvalue weighted by molar-refractivity contribution is 0.332. The van der Waals surface area contributed by atoms with Crippen molar-refractivity contribution < 1.29 is 0 Å². The van der Waals surface area contributed by atoms with E-state index >= 15 is 0 Å². The normalized spacial score (nSPS) is 17.7. The van der Waals surface area contributed by atoms with Crippen molar-refractivity contribution in [3.63, 3.8) is 0 Å². The van der Waals surface area contributed by atoms with Crippen LogP contribution >= 0.6 is 0 Å². The van der Waals surface area contributed by atoms with Crippen LogP contribution in [0, 0.1) is 0 Å². The van der Waals surface area contributed by atoms with Crippen LogP contribution in [0.2, 0.25) is 0 Å². The van der Waals surface area contributed by atoms with E-state index in [2.05, 4.69) is 17.6 Å². The van der Waals surface area contributed by atoms with E-state index in [1.807, 2.05) is 0 Å². The van der Waals surface area contributed by atoms with Gasteiger partial charge in [0.1, 0.15) is 0 Å². The molecule has 1 aliphatic heterocycles. The highest BCUT2D eigenvalue weighted by molar-refractivity contribution is 4.64. The van der Waals surface area contributed by atoms with Crippen LogP contribution in [-0.4, -0.2) is 31.6 Å². The van der Waals surface area contributed by atoms with Crippen LogP contribution in [0.25, 0.3) is 0 Å². The third-order valence-electron chi connectivity index (χ3n) is 2.03. The Bertz CT molecular complexity index is 68.0. The molecule has 0 saturated carbocycles. The molecule has 0 aliphatic carbocycles. The summed E-state index contributed by atoms with van der Waals surface area (Å²) in [5.74, 6) is 0. The maximum Gasteiger partial charge on any atom is -0.00183 e. The molecular formula is C9H22N2. The predicted octanol–water partition coefficient (Wildman–Crippen LogP) is 1.46. The fourth-order valence-electron chi connectivity index (χ4n) is 1.39. The molecule has 0 bridgehead atoms. The Morgan fingerprint density at radius 3 is 2.18 bits per heavy atom. The smallest absolute Gasteiger partial charge is 0.00183 e. The van der Waals surface area contributed by atoms with Crippen LogP contribution < -0.4 is 5.73 Å². The van der Waals surface area contributed by atoms with Gasteiger partial charge in [-0.05, 0) is 45.9 Å². The molecule has 1 heterocycles. The number of likely N-dealkylation sites (tertiary alicyclic amines) is 1. The molecule has 0 spiro atoms. The molecule has 0 amide bonds. The molecule has 1 fully saturated rings. The Hall–Kier alpha value is -0.0800. The van der Waals surface area contributed by atoms with Crippen LogP contribution in [0.15, 0.2) is 0 Å². The van der Waals surface area contributed by atoms with Gasteiger partial charge in [-0.25, -0.2) is 0 Å². The molecular weight excluding hydrogens is 136 g/mol. The third-order valence-corrected chi connectivity index (χ3v) is 2.03. The highest BCUT2D eigenvalue weighted by Gasteiger charge is 2.08. The predicted molar refractivity (Wildman–Crippen MR) is 50.7 cm³/mol. The lowest BCUT2D eigenvalue weighted by Gasteiger charge is -2.12. The minimum absolute atomic E-state index is 1.34. The first-order valence-electron chi connectivity index (χ1n) is 4.73. The second-order valence-corrected chi connectivity index (χ2v) is 2.90. The number of hydrogen-bond donors (Lipinski definition) is 1. The van der Waals surface area contributed by atoms with Gasteiger partial charge >= 0.3 is 0 Å². The van der Waals surface area contributed by atoms with Gasteiger partial charge in [-0.1, -0.05) is 13.3 Å². The van der Waals surface area contributed by atoms with Crippen LogP contribution in [0.4, 0.5) is 0 Å². The van der Waals surface area contributed by atoms with Crippen LogP contribution in [0.1, 0.15) is 32.6 Å². The van der Waals surface area contributed by atoms with Gasteiger partial charge in [0.15, 0.2) is 0 Å². The minimum Gasteiger partial charge on any atom is -0.333 e. The van der Waals surface area contributed by atoms with Gasteiger partial charge in [-0.2, -0.15) is 0 Å². The van der Waals surface area contributed by atoms with E-state index in [4.69, 9.17) is 0 Å². The van der Waals surface area contributed by atoms with Gasteiger partial charge in [0.2, 0.25) is 0 Å². The van der Waals surface area contributed by atoms with Crippen molar-refractivity contribution >= 4 is 0 Å². The molecule has 0 unspecified atom stereocenters. The van der Waals surface area contributed by atoms with Crippen LogP contribution in [0.5, 0.6) is 0 Å². The summed E-state index contributed by atoms with van der Waals surface area (Å²) in [5.41, 5.74) is 4.50. The number of rotatable bonds is 3. The molecule has 2 heteroatoms. The van der Waals surface area contributed by atoms with Crippen LogP contribution in [0.3, 0.4) is 0 Å². The monoisotopic (exact) mass is 158 g/mol. The van der Waals surface area contributed by atoms with Gasteiger partial charge in [-0.3, -0.25) is 0 Å². The van der Waals surface area contributed by atoms with Crippen molar-refractivity contribution in [3.05, 3.63) is 0 Å². The van der Waals surface area contributed by atoms with E-state index in [-0.39, 0.29) is 0 Å². The summed E-state index contributed by atoms with van der Waals surface area (Å²) in [6, 6.07) is 0. The second kappa shape index (κ2) is 8.02. The fraction of sp³-hybridized carbons (Fsp3) is 1.00. The summed E-state index contributed by atoms with van der Waals surface area (Å²) in [6.07, 6.45) is 5.60. The maximum absolute atomic E-state index is 4.50. The van der Waals surface area contributed by atoms with Gasteiger partial charge in [0, 0.05) is 0 Å². The van der Waals surface area contributed by atoms with E-state index in [1.54, 1.807) is 0 Å². The van der Waals surface area contributed by atoms with E-state index in [0.29, 0.717) is 0 Å². The molecule has 0 radical (unpaired) electrons. The highest BCUT2D eigenvalue weighted by Crippen LogP contribution is 2.07. The number of nitrogens with two attached hydrogens (primary N) is 1. The molecule has 2 nitrogen and oxygen atoms in total. The number of unbranched alkanes of at least 4 members (excludes halogenated alkanes) is 1. The van der Waals surface area contributed by atoms with Crippen molar-refractivity contribution in [1.82, 2.24) is 4.90 Å². The summed E-state index contributed by atoms with van der Waals surface area (Å²) in [4.78, 5) is 2.57. The molecule has 0 aromatic carbocycles. The number of hydrogen-bond acceptors (Lipinski definition) is 2. The van der Waals surface area contributed by atoms with E-state index < -0.39 is 0 Å². The summed E-state index contributed by atoms with van der Waals surface area (Å²) in [5, 5.41) is 0. The SMILES string of the molecule is CCCCN1CCCC1.CN. The maximum atomic E-state index is 4.50. The van der Waals surface area contributed by atoms with Crippen molar-refractivity contribution in [1.29, 1.82) is 0 Å². The quantitative estimate of drug-likeness (QED) is 0.673. The summed E-state index contributed by atoms with van der Waals surface area (Å²) in [7, 11) is 1.50. The minimum atomic E-state index is 1.34. The fourth-order valence-corrected chi connectivity index (χ4v) is 1.39. The zero-order valence-electron chi connectivity index (χ0n) is 7.97. The summed E-state index contributed by atoms with van der Waals surface area (Å²) < 4.78 is 0. The van der Waals surface area contributed by atoms with E-state index in [0.717, 1.165) is 0 Å². The van der Waals surface area contributed by atoms with Gasteiger partial charge < -0.3 is 10.6 Å². The summed E-state index contributed by atoms with van der Waals surface area (Å²) in [6.45, 7) is 6.33. The molecule has 1 rings (SSSR count). The molecule has 0 aromatic rings. The standard InChI is InChI=1S/C8H17N.CH5N/c1-2-3-6-9-7-4-5-8-9;1-2/h2-8H2,1H3;2H2,1H3. The molecule has 1 saturated heterocycles. The second-order valence-electron chi connectivity index (χ2n) is 2.90. The van der Waals surface area contributed by atoms with Gasteiger partial charge in [0.25, 0.3) is 0 Å². The molecule has 1 aliphatic rings. The molecule has 0 atom stereocenters. The number of nitrogens with zero attached hydrogens (tertiary/aromatic N) is 1. The van der Waals surface area contributed by atoms with Crippen LogP contribution in [-0.2, 0) is 0 Å². The van der Waals surface area contributed by atoms with Crippen molar-refractivity contribution in [2.45, 2.75) is 32.6 Å². The Labute approximate surface area is 70.8 Å². The third kappa shape index (κ3) is 5.22. The highest BCUT2D eigenvalue weighted by atomic mass is 15.1. The Kier molecular flexibility index (Phi) is 7.96. The largest absolute Gasteiger partial charge is 0.333 e. The van der Waals surface area contributed by atoms with E-state index in [1.165, 1.54) is 52.4 Å².